The zero-order valence-corrected chi connectivity index (χ0v) is 7.09. The lowest BCUT2D eigenvalue weighted by Crippen LogP contribution is -2.05. The lowest BCUT2D eigenvalue weighted by molar-refractivity contribution is 0.139. The van der Waals surface area contributed by atoms with E-state index in [9.17, 15) is 5.11 Å². The van der Waals surface area contributed by atoms with Crippen LogP contribution in [0.1, 0.15) is 26.0 Å². The third kappa shape index (κ3) is 2.47. The van der Waals surface area contributed by atoms with E-state index in [1.54, 1.807) is 6.08 Å². The van der Waals surface area contributed by atoms with Crippen molar-refractivity contribution in [2.75, 3.05) is 0 Å². The first-order valence-corrected chi connectivity index (χ1v) is 4.03. The van der Waals surface area contributed by atoms with E-state index in [2.05, 4.69) is 17.0 Å². The standard InChI is InChI=1S/C8H13N3O/c1-2-3-4-5-8(12)11-7-9-6-10-11/h4-8,12H,2-3H2,1H3. The van der Waals surface area contributed by atoms with Gasteiger partial charge in [0.05, 0.1) is 0 Å². The van der Waals surface area contributed by atoms with Gasteiger partial charge in [0.25, 0.3) is 0 Å². The summed E-state index contributed by atoms with van der Waals surface area (Å²) in [5.74, 6) is 0. The van der Waals surface area contributed by atoms with Gasteiger partial charge in [-0.25, -0.2) is 9.67 Å². The monoisotopic (exact) mass is 167 g/mol. The second kappa shape index (κ2) is 4.66. The zero-order valence-electron chi connectivity index (χ0n) is 7.09. The average Bonchev–Trinajstić information content (AvgIpc) is 2.56. The number of nitrogens with zero attached hydrogens (tertiary/aromatic N) is 3. The lowest BCUT2D eigenvalue weighted by Gasteiger charge is -2.03. The van der Waals surface area contributed by atoms with Crippen molar-refractivity contribution in [2.24, 2.45) is 0 Å². The summed E-state index contributed by atoms with van der Waals surface area (Å²) < 4.78 is 1.40. The molecule has 0 spiro atoms. The van der Waals surface area contributed by atoms with Crippen LogP contribution in [-0.4, -0.2) is 19.9 Å². The Morgan fingerprint density at radius 1 is 1.67 bits per heavy atom. The summed E-state index contributed by atoms with van der Waals surface area (Å²) >= 11 is 0. The van der Waals surface area contributed by atoms with Gasteiger partial charge >= 0.3 is 0 Å². The largest absolute Gasteiger partial charge is 0.368 e. The third-order valence-corrected chi connectivity index (χ3v) is 1.47. The van der Waals surface area contributed by atoms with Crippen LogP contribution in [0.2, 0.25) is 0 Å². The number of hydrogen-bond acceptors (Lipinski definition) is 3. The maximum atomic E-state index is 9.41. The smallest absolute Gasteiger partial charge is 0.167 e. The van der Waals surface area contributed by atoms with Crippen LogP contribution in [0.3, 0.4) is 0 Å². The number of aromatic nitrogens is 3. The van der Waals surface area contributed by atoms with E-state index in [0.29, 0.717) is 0 Å². The molecule has 1 unspecified atom stereocenters. The van der Waals surface area contributed by atoms with Crippen LogP contribution in [0.15, 0.2) is 24.8 Å². The number of aliphatic hydroxyl groups is 1. The van der Waals surface area contributed by atoms with Crippen LogP contribution in [0.25, 0.3) is 0 Å². The molecule has 0 aliphatic carbocycles. The third-order valence-electron chi connectivity index (χ3n) is 1.47. The van der Waals surface area contributed by atoms with Gasteiger partial charge in [-0.1, -0.05) is 19.4 Å². The van der Waals surface area contributed by atoms with E-state index in [1.165, 1.54) is 17.3 Å². The Morgan fingerprint density at radius 3 is 3.08 bits per heavy atom. The fraction of sp³-hybridized carbons (Fsp3) is 0.500. The number of aliphatic hydroxyl groups excluding tert-OH is 1. The predicted octanol–water partition coefficient (Wildman–Crippen LogP) is 1.13. The van der Waals surface area contributed by atoms with E-state index in [4.69, 9.17) is 0 Å². The van der Waals surface area contributed by atoms with E-state index in [0.717, 1.165) is 12.8 Å². The SMILES string of the molecule is CCCC=CC(O)n1cncn1. The molecule has 0 saturated carbocycles. The molecule has 1 aromatic rings. The predicted molar refractivity (Wildman–Crippen MR) is 45.3 cm³/mol. The molecule has 1 heterocycles. The summed E-state index contributed by atoms with van der Waals surface area (Å²) in [5, 5.41) is 13.2. The molecule has 0 saturated heterocycles. The van der Waals surface area contributed by atoms with Crippen LogP contribution in [-0.2, 0) is 0 Å². The fourth-order valence-corrected chi connectivity index (χ4v) is 0.827. The van der Waals surface area contributed by atoms with Crippen LogP contribution >= 0.6 is 0 Å². The lowest BCUT2D eigenvalue weighted by atomic mass is 10.3. The molecule has 0 aliphatic rings. The number of rotatable bonds is 4. The molecule has 1 aromatic heterocycles. The van der Waals surface area contributed by atoms with Crippen LogP contribution in [0, 0.1) is 0 Å². The quantitative estimate of drug-likeness (QED) is 0.684. The highest BCUT2D eigenvalue weighted by molar-refractivity contribution is 4.85. The van der Waals surface area contributed by atoms with Crippen LogP contribution in [0.4, 0.5) is 0 Å². The summed E-state index contributed by atoms with van der Waals surface area (Å²) in [6.45, 7) is 2.09. The molecule has 0 amide bonds. The van der Waals surface area contributed by atoms with Gasteiger partial charge in [-0.05, 0) is 12.5 Å². The minimum Gasteiger partial charge on any atom is -0.368 e. The van der Waals surface area contributed by atoms with Crippen LogP contribution in [0.5, 0.6) is 0 Å². The highest BCUT2D eigenvalue weighted by atomic mass is 16.3. The topological polar surface area (TPSA) is 50.9 Å². The van der Waals surface area contributed by atoms with Gasteiger partial charge in [-0.3, -0.25) is 0 Å². The summed E-state index contributed by atoms with van der Waals surface area (Å²) in [6.07, 6.45) is 7.91. The van der Waals surface area contributed by atoms with Gasteiger partial charge in [0.15, 0.2) is 6.23 Å². The molecular formula is C8H13N3O. The molecule has 1 N–H and O–H groups in total. The highest BCUT2D eigenvalue weighted by Crippen LogP contribution is 2.01. The molecule has 1 atom stereocenters. The Bertz CT molecular complexity index is 230. The molecule has 4 nitrogen and oxygen atoms in total. The summed E-state index contributed by atoms with van der Waals surface area (Å²) in [6, 6.07) is 0. The summed E-state index contributed by atoms with van der Waals surface area (Å²) in [4.78, 5) is 3.73. The van der Waals surface area contributed by atoms with Gasteiger partial charge in [-0.15, -0.1) is 0 Å². The van der Waals surface area contributed by atoms with Crippen LogP contribution < -0.4 is 0 Å². The second-order valence-electron chi connectivity index (χ2n) is 2.51. The maximum absolute atomic E-state index is 9.41. The summed E-state index contributed by atoms with van der Waals surface area (Å²) in [7, 11) is 0. The Hall–Kier alpha value is -1.16. The Labute approximate surface area is 71.6 Å². The maximum Gasteiger partial charge on any atom is 0.167 e. The highest BCUT2D eigenvalue weighted by Gasteiger charge is 1.99. The molecular weight excluding hydrogens is 154 g/mol. The minimum absolute atomic E-state index is 0.681. The van der Waals surface area contributed by atoms with Crippen molar-refractivity contribution in [1.82, 2.24) is 14.8 Å². The fourth-order valence-electron chi connectivity index (χ4n) is 0.827. The normalized spacial score (nSPS) is 13.8. The molecule has 66 valence electrons. The number of allylic oxidation sites excluding steroid dienone is 1. The first kappa shape index (κ1) is 8.93. The molecule has 4 heteroatoms. The first-order valence-electron chi connectivity index (χ1n) is 4.03. The van der Waals surface area contributed by atoms with Crippen molar-refractivity contribution in [2.45, 2.75) is 26.0 Å². The van der Waals surface area contributed by atoms with E-state index >= 15 is 0 Å². The van der Waals surface area contributed by atoms with E-state index < -0.39 is 6.23 Å². The van der Waals surface area contributed by atoms with Crippen molar-refractivity contribution in [1.29, 1.82) is 0 Å². The van der Waals surface area contributed by atoms with Crippen molar-refractivity contribution >= 4 is 0 Å². The average molecular weight is 167 g/mol. The van der Waals surface area contributed by atoms with Gasteiger partial charge in [0, 0.05) is 0 Å². The molecule has 0 fully saturated rings. The van der Waals surface area contributed by atoms with E-state index in [1.807, 2.05) is 6.08 Å². The number of unbranched alkanes of at least 4 members (excludes halogenated alkanes) is 1. The summed E-state index contributed by atoms with van der Waals surface area (Å²) in [5.41, 5.74) is 0. The molecule has 0 radical (unpaired) electrons. The minimum atomic E-state index is -0.681. The van der Waals surface area contributed by atoms with Crippen molar-refractivity contribution in [3.05, 3.63) is 24.8 Å². The van der Waals surface area contributed by atoms with Gasteiger partial charge in [0.2, 0.25) is 0 Å². The van der Waals surface area contributed by atoms with Gasteiger partial charge < -0.3 is 5.11 Å². The first-order chi connectivity index (χ1) is 5.84. The Morgan fingerprint density at radius 2 is 2.50 bits per heavy atom. The molecule has 0 aromatic carbocycles. The Kier molecular flexibility index (Phi) is 3.47. The zero-order chi connectivity index (χ0) is 8.81. The molecule has 0 bridgehead atoms. The van der Waals surface area contributed by atoms with Gasteiger partial charge in [0.1, 0.15) is 12.7 Å². The second-order valence-corrected chi connectivity index (χ2v) is 2.51. The molecule has 0 aliphatic heterocycles. The number of hydrogen-bond donors (Lipinski definition) is 1. The van der Waals surface area contributed by atoms with Gasteiger partial charge in [-0.2, -0.15) is 5.10 Å². The molecule has 1 rings (SSSR count). The van der Waals surface area contributed by atoms with Crippen molar-refractivity contribution in [3.8, 4) is 0 Å². The van der Waals surface area contributed by atoms with E-state index in [-0.39, 0.29) is 0 Å². The van der Waals surface area contributed by atoms with Crippen molar-refractivity contribution < 1.29 is 5.11 Å². The van der Waals surface area contributed by atoms with Crippen molar-refractivity contribution in [3.63, 3.8) is 0 Å². The Balaban J connectivity index is 2.44. The molecule has 12 heavy (non-hydrogen) atoms.